The molecule has 1 aliphatic carbocycles. The van der Waals surface area contributed by atoms with Crippen molar-refractivity contribution in [1.29, 1.82) is 0 Å². The van der Waals surface area contributed by atoms with E-state index in [0.717, 1.165) is 28.9 Å². The standard InChI is InChI=1S/C16H21BrN4/c1-11(2)8-18-9-13-7-14(17)10-19-16(13)21-6-5-15(20-21)12-3-4-12/h5-7,10-12,18H,3-4,8-9H2,1-2H3. The lowest BCUT2D eigenvalue weighted by molar-refractivity contribution is 0.550. The molecule has 5 heteroatoms. The number of hydrogen-bond acceptors (Lipinski definition) is 3. The van der Waals surface area contributed by atoms with Crippen molar-refractivity contribution in [2.45, 2.75) is 39.2 Å². The van der Waals surface area contributed by atoms with Crippen molar-refractivity contribution >= 4 is 15.9 Å². The van der Waals surface area contributed by atoms with Crippen LogP contribution in [0.4, 0.5) is 0 Å². The van der Waals surface area contributed by atoms with Crippen molar-refractivity contribution in [3.05, 3.63) is 40.3 Å². The third kappa shape index (κ3) is 3.71. The topological polar surface area (TPSA) is 42.7 Å². The molecule has 4 nitrogen and oxygen atoms in total. The maximum Gasteiger partial charge on any atom is 0.157 e. The largest absolute Gasteiger partial charge is 0.312 e. The normalized spacial score (nSPS) is 14.9. The Kier molecular flexibility index (Phi) is 4.40. The van der Waals surface area contributed by atoms with Crippen LogP contribution in [0.1, 0.15) is 43.9 Å². The van der Waals surface area contributed by atoms with Crippen molar-refractivity contribution in [1.82, 2.24) is 20.1 Å². The minimum absolute atomic E-state index is 0.639. The zero-order valence-corrected chi connectivity index (χ0v) is 14.1. The Hall–Kier alpha value is -1.20. The summed E-state index contributed by atoms with van der Waals surface area (Å²) in [6.07, 6.45) is 6.40. The molecule has 0 bridgehead atoms. The number of halogens is 1. The zero-order valence-electron chi connectivity index (χ0n) is 12.5. The minimum atomic E-state index is 0.639. The fourth-order valence-corrected chi connectivity index (χ4v) is 2.74. The molecule has 0 amide bonds. The second kappa shape index (κ2) is 6.28. The fourth-order valence-electron chi connectivity index (χ4n) is 2.36. The summed E-state index contributed by atoms with van der Waals surface area (Å²) in [6.45, 7) is 6.22. The van der Waals surface area contributed by atoms with Crippen LogP contribution in [0.2, 0.25) is 0 Å². The van der Waals surface area contributed by atoms with Crippen LogP contribution in [0, 0.1) is 5.92 Å². The van der Waals surface area contributed by atoms with E-state index in [2.05, 4.69) is 57.3 Å². The Bertz CT molecular complexity index is 616. The van der Waals surface area contributed by atoms with E-state index in [9.17, 15) is 0 Å². The molecule has 2 heterocycles. The smallest absolute Gasteiger partial charge is 0.157 e. The molecule has 1 saturated carbocycles. The van der Waals surface area contributed by atoms with E-state index < -0.39 is 0 Å². The van der Waals surface area contributed by atoms with Crippen LogP contribution in [-0.2, 0) is 6.54 Å². The summed E-state index contributed by atoms with van der Waals surface area (Å²) in [5, 5.41) is 8.17. The molecule has 0 atom stereocenters. The third-order valence-electron chi connectivity index (χ3n) is 3.60. The van der Waals surface area contributed by atoms with Gasteiger partial charge in [-0.3, -0.25) is 0 Å². The molecule has 3 rings (SSSR count). The van der Waals surface area contributed by atoms with Crippen LogP contribution >= 0.6 is 15.9 Å². The number of pyridine rings is 1. The number of nitrogens with zero attached hydrogens (tertiary/aromatic N) is 3. The Balaban J connectivity index is 1.82. The lowest BCUT2D eigenvalue weighted by Crippen LogP contribution is -2.20. The maximum atomic E-state index is 4.69. The number of hydrogen-bond donors (Lipinski definition) is 1. The summed E-state index contributed by atoms with van der Waals surface area (Å²) < 4.78 is 2.91. The van der Waals surface area contributed by atoms with E-state index in [4.69, 9.17) is 0 Å². The highest BCUT2D eigenvalue weighted by Crippen LogP contribution is 2.39. The van der Waals surface area contributed by atoms with Gasteiger partial charge in [0.1, 0.15) is 0 Å². The highest BCUT2D eigenvalue weighted by atomic mass is 79.9. The lowest BCUT2D eigenvalue weighted by Gasteiger charge is -2.11. The summed E-state index contributed by atoms with van der Waals surface area (Å²) >= 11 is 3.51. The van der Waals surface area contributed by atoms with E-state index >= 15 is 0 Å². The van der Waals surface area contributed by atoms with Crippen LogP contribution in [0.15, 0.2) is 29.0 Å². The molecule has 112 valence electrons. The molecular formula is C16H21BrN4. The zero-order chi connectivity index (χ0) is 14.8. The molecule has 0 radical (unpaired) electrons. The molecular weight excluding hydrogens is 328 g/mol. The molecule has 0 unspecified atom stereocenters. The highest BCUT2D eigenvalue weighted by molar-refractivity contribution is 9.10. The average molecular weight is 349 g/mol. The van der Waals surface area contributed by atoms with Gasteiger partial charge in [-0.1, -0.05) is 13.8 Å². The van der Waals surface area contributed by atoms with Gasteiger partial charge in [0.25, 0.3) is 0 Å². The van der Waals surface area contributed by atoms with Gasteiger partial charge in [0.2, 0.25) is 0 Å². The molecule has 0 aliphatic heterocycles. The van der Waals surface area contributed by atoms with E-state index in [0.29, 0.717) is 11.8 Å². The minimum Gasteiger partial charge on any atom is -0.312 e. The van der Waals surface area contributed by atoms with E-state index in [1.807, 2.05) is 17.1 Å². The monoisotopic (exact) mass is 348 g/mol. The lowest BCUT2D eigenvalue weighted by atomic mass is 10.2. The van der Waals surface area contributed by atoms with E-state index in [-0.39, 0.29) is 0 Å². The Labute approximate surface area is 134 Å². The van der Waals surface area contributed by atoms with Crippen molar-refractivity contribution in [2.75, 3.05) is 6.54 Å². The Morgan fingerprint density at radius 3 is 2.95 bits per heavy atom. The van der Waals surface area contributed by atoms with Crippen LogP contribution in [-0.4, -0.2) is 21.3 Å². The number of nitrogens with one attached hydrogen (secondary N) is 1. The van der Waals surface area contributed by atoms with Gasteiger partial charge >= 0.3 is 0 Å². The van der Waals surface area contributed by atoms with Gasteiger partial charge < -0.3 is 5.32 Å². The first-order chi connectivity index (χ1) is 10.1. The molecule has 0 aromatic carbocycles. The first kappa shape index (κ1) is 14.7. The molecule has 21 heavy (non-hydrogen) atoms. The second-order valence-corrected chi connectivity index (χ2v) is 7.04. The second-order valence-electron chi connectivity index (χ2n) is 6.12. The summed E-state index contributed by atoms with van der Waals surface area (Å²) in [6, 6.07) is 4.24. The predicted octanol–water partition coefficient (Wildman–Crippen LogP) is 3.65. The first-order valence-corrected chi connectivity index (χ1v) is 8.34. The summed E-state index contributed by atoms with van der Waals surface area (Å²) in [5.74, 6) is 2.23. The Morgan fingerprint density at radius 2 is 2.24 bits per heavy atom. The van der Waals surface area contributed by atoms with Crippen molar-refractivity contribution < 1.29 is 0 Å². The van der Waals surface area contributed by atoms with Gasteiger partial charge in [-0.25, -0.2) is 9.67 Å². The van der Waals surface area contributed by atoms with E-state index in [1.54, 1.807) is 0 Å². The molecule has 0 spiro atoms. The van der Waals surface area contributed by atoms with Gasteiger partial charge in [0, 0.05) is 34.9 Å². The van der Waals surface area contributed by atoms with Crippen LogP contribution in [0.25, 0.3) is 5.82 Å². The van der Waals surface area contributed by atoms with Crippen molar-refractivity contribution in [2.24, 2.45) is 5.92 Å². The molecule has 1 aliphatic rings. The Morgan fingerprint density at radius 1 is 1.43 bits per heavy atom. The SMILES string of the molecule is CC(C)CNCc1cc(Br)cnc1-n1ccc(C2CC2)n1. The van der Waals surface area contributed by atoms with Gasteiger partial charge in [-0.05, 0) is 53.4 Å². The number of aromatic nitrogens is 3. The first-order valence-electron chi connectivity index (χ1n) is 7.54. The number of rotatable bonds is 6. The van der Waals surface area contributed by atoms with Gasteiger partial charge in [-0.15, -0.1) is 0 Å². The van der Waals surface area contributed by atoms with Crippen LogP contribution < -0.4 is 5.32 Å². The third-order valence-corrected chi connectivity index (χ3v) is 4.03. The average Bonchev–Trinajstić information content (AvgIpc) is 3.17. The predicted molar refractivity (Wildman–Crippen MR) is 87.6 cm³/mol. The van der Waals surface area contributed by atoms with Gasteiger partial charge in [0.05, 0.1) is 5.69 Å². The molecule has 2 aromatic rings. The van der Waals surface area contributed by atoms with Gasteiger partial charge in [0.15, 0.2) is 5.82 Å². The molecule has 2 aromatic heterocycles. The summed E-state index contributed by atoms with van der Waals surface area (Å²) in [7, 11) is 0. The maximum absolute atomic E-state index is 4.69. The van der Waals surface area contributed by atoms with Crippen LogP contribution in [0.3, 0.4) is 0 Å². The summed E-state index contributed by atoms with van der Waals surface area (Å²) in [4.78, 5) is 4.55. The molecule has 1 N–H and O–H groups in total. The highest BCUT2D eigenvalue weighted by Gasteiger charge is 2.26. The molecule has 1 fully saturated rings. The van der Waals surface area contributed by atoms with Crippen molar-refractivity contribution in [3.8, 4) is 5.82 Å². The van der Waals surface area contributed by atoms with Crippen molar-refractivity contribution in [3.63, 3.8) is 0 Å². The van der Waals surface area contributed by atoms with E-state index in [1.165, 1.54) is 18.5 Å². The summed E-state index contributed by atoms with van der Waals surface area (Å²) in [5.41, 5.74) is 2.36. The quantitative estimate of drug-likeness (QED) is 0.866. The van der Waals surface area contributed by atoms with Gasteiger partial charge in [-0.2, -0.15) is 5.10 Å². The van der Waals surface area contributed by atoms with Crippen LogP contribution in [0.5, 0.6) is 0 Å². The fraction of sp³-hybridized carbons (Fsp3) is 0.500. The molecule has 0 saturated heterocycles.